The first-order valence-electron chi connectivity index (χ1n) is 5.02. The molecular formula is C10H9NO3. The van der Waals surface area contributed by atoms with E-state index in [1.54, 1.807) is 0 Å². The Morgan fingerprint density at radius 2 is 2.29 bits per heavy atom. The summed E-state index contributed by atoms with van der Waals surface area (Å²) >= 11 is 0. The van der Waals surface area contributed by atoms with Crippen LogP contribution in [-0.2, 0) is 11.2 Å². The van der Waals surface area contributed by atoms with Crippen LogP contribution >= 0.6 is 0 Å². The summed E-state index contributed by atoms with van der Waals surface area (Å²) in [5.41, 5.74) is 0.727. The van der Waals surface area contributed by atoms with Gasteiger partial charge in [0.05, 0.1) is 9.16 Å². The summed E-state index contributed by atoms with van der Waals surface area (Å²) < 4.78 is 15.3. The van der Waals surface area contributed by atoms with Crippen LogP contribution in [0.4, 0.5) is 0 Å². The standard InChI is InChI=1S/C10H9NO3/c12-8-1-2-9-6(4-8)3-7(11-9)5-10(13)14/h1-4,11-12H,5H2,(H,13,14)/i3D,4D. The van der Waals surface area contributed by atoms with Gasteiger partial charge in [-0.05, 0) is 24.2 Å². The number of phenols is 1. The van der Waals surface area contributed by atoms with Crippen molar-refractivity contribution in [2.24, 2.45) is 0 Å². The van der Waals surface area contributed by atoms with Crippen molar-refractivity contribution in [3.8, 4) is 5.75 Å². The number of benzene rings is 1. The number of hydrogen-bond acceptors (Lipinski definition) is 2. The zero-order valence-electron chi connectivity index (χ0n) is 9.16. The van der Waals surface area contributed by atoms with Crippen molar-refractivity contribution < 1.29 is 17.7 Å². The fourth-order valence-corrected chi connectivity index (χ4v) is 1.27. The summed E-state index contributed by atoms with van der Waals surface area (Å²) in [6.45, 7) is 0. The number of aliphatic carboxylic acids is 1. The van der Waals surface area contributed by atoms with Crippen LogP contribution in [0.15, 0.2) is 24.2 Å². The van der Waals surface area contributed by atoms with Crippen LogP contribution in [0.3, 0.4) is 0 Å². The maximum Gasteiger partial charge on any atom is 0.309 e. The van der Waals surface area contributed by atoms with E-state index in [2.05, 4.69) is 4.98 Å². The quantitative estimate of drug-likeness (QED) is 0.676. The highest BCUT2D eigenvalue weighted by atomic mass is 16.4. The average Bonchev–Trinajstić information content (AvgIpc) is 2.50. The molecule has 1 heterocycles. The number of rotatable bonds is 2. The lowest BCUT2D eigenvalue weighted by Crippen LogP contribution is -1.99. The molecule has 4 nitrogen and oxygen atoms in total. The molecule has 3 N–H and O–H groups in total. The van der Waals surface area contributed by atoms with Crippen LogP contribution in [0.5, 0.6) is 5.75 Å². The van der Waals surface area contributed by atoms with E-state index in [1.165, 1.54) is 12.1 Å². The number of carbonyl (C=O) groups is 1. The number of carboxylic acids is 1. The van der Waals surface area contributed by atoms with E-state index < -0.39 is 5.97 Å². The molecule has 0 fully saturated rings. The second-order valence-corrected chi connectivity index (χ2v) is 2.93. The van der Waals surface area contributed by atoms with Crippen molar-refractivity contribution in [1.82, 2.24) is 4.98 Å². The highest BCUT2D eigenvalue weighted by molar-refractivity contribution is 5.83. The first-order chi connectivity index (χ1) is 7.50. The normalized spacial score (nSPS) is 12.6. The molecule has 0 aliphatic heterocycles. The molecule has 0 saturated carbocycles. The molecule has 2 rings (SSSR count). The highest BCUT2D eigenvalue weighted by Crippen LogP contribution is 2.20. The molecule has 0 saturated heterocycles. The number of fused-ring (bicyclic) bond motifs is 1. The van der Waals surface area contributed by atoms with Crippen LogP contribution in [0.2, 0.25) is 0 Å². The van der Waals surface area contributed by atoms with Gasteiger partial charge in [0, 0.05) is 16.6 Å². The van der Waals surface area contributed by atoms with Gasteiger partial charge in [0.1, 0.15) is 5.75 Å². The minimum atomic E-state index is -1.05. The average molecular weight is 193 g/mol. The largest absolute Gasteiger partial charge is 0.508 e. The highest BCUT2D eigenvalue weighted by Gasteiger charge is 2.04. The van der Waals surface area contributed by atoms with E-state index >= 15 is 0 Å². The third-order valence-electron chi connectivity index (χ3n) is 1.82. The summed E-state index contributed by atoms with van der Waals surface area (Å²) in [5.74, 6) is -1.27. The zero-order chi connectivity index (χ0) is 11.9. The predicted molar refractivity (Wildman–Crippen MR) is 51.3 cm³/mol. The molecule has 1 aromatic carbocycles. The molecule has 0 amide bonds. The number of carboxylic acid groups (broad SMARTS) is 1. The molecule has 0 aliphatic rings. The van der Waals surface area contributed by atoms with Crippen molar-refractivity contribution in [3.05, 3.63) is 29.9 Å². The third-order valence-corrected chi connectivity index (χ3v) is 1.82. The lowest BCUT2D eigenvalue weighted by Gasteiger charge is -1.90. The Balaban J connectivity index is 2.69. The van der Waals surface area contributed by atoms with Gasteiger partial charge in [0.2, 0.25) is 0 Å². The topological polar surface area (TPSA) is 73.3 Å². The Morgan fingerprint density at radius 1 is 1.50 bits per heavy atom. The maximum atomic E-state index is 10.6. The predicted octanol–water partition coefficient (Wildman–Crippen LogP) is 1.50. The van der Waals surface area contributed by atoms with Crippen molar-refractivity contribution >= 4 is 16.9 Å². The minimum absolute atomic E-state index is 0.0432. The molecule has 0 atom stereocenters. The third kappa shape index (κ3) is 1.54. The van der Waals surface area contributed by atoms with Crippen LogP contribution in [0, 0.1) is 0 Å². The Morgan fingerprint density at radius 3 is 3.00 bits per heavy atom. The fraction of sp³-hybridized carbons (Fsp3) is 0.100. The van der Waals surface area contributed by atoms with E-state index in [4.69, 9.17) is 7.85 Å². The summed E-state index contributed by atoms with van der Waals surface area (Å²) in [5, 5.41) is 18.2. The summed E-state index contributed by atoms with van der Waals surface area (Å²) in [4.78, 5) is 13.3. The zero-order valence-corrected chi connectivity index (χ0v) is 7.16. The minimum Gasteiger partial charge on any atom is -0.508 e. The monoisotopic (exact) mass is 193 g/mol. The first-order valence-corrected chi connectivity index (χ1v) is 4.02. The van der Waals surface area contributed by atoms with Crippen LogP contribution in [-0.4, -0.2) is 21.2 Å². The number of nitrogens with one attached hydrogen (secondary N) is 1. The second kappa shape index (κ2) is 3.06. The Bertz CT molecular complexity index is 577. The lowest BCUT2D eigenvalue weighted by molar-refractivity contribution is -0.136. The van der Waals surface area contributed by atoms with Crippen molar-refractivity contribution in [2.45, 2.75) is 6.42 Å². The molecular weight excluding hydrogens is 182 g/mol. The van der Waals surface area contributed by atoms with Crippen molar-refractivity contribution in [3.63, 3.8) is 0 Å². The Hall–Kier alpha value is -1.97. The summed E-state index contributed by atoms with van der Waals surface area (Å²) in [6, 6.07) is 2.66. The SMILES string of the molecule is [2H]c1c(O)ccc2[nH]c(CC(=O)O)c([2H])c12. The van der Waals surface area contributed by atoms with Gasteiger partial charge in [0.25, 0.3) is 0 Å². The maximum absolute atomic E-state index is 10.6. The first kappa shape index (κ1) is 6.48. The summed E-state index contributed by atoms with van der Waals surface area (Å²) in [7, 11) is 0. The van der Waals surface area contributed by atoms with Gasteiger partial charge in [-0.3, -0.25) is 4.79 Å². The van der Waals surface area contributed by atoms with Gasteiger partial charge in [-0.1, -0.05) is 0 Å². The number of hydrogen-bond donors (Lipinski definition) is 3. The second-order valence-electron chi connectivity index (χ2n) is 2.93. The Labute approximate surface area is 82.6 Å². The molecule has 0 unspecified atom stereocenters. The van der Waals surface area contributed by atoms with Gasteiger partial charge < -0.3 is 15.2 Å². The molecule has 0 bridgehead atoms. The van der Waals surface area contributed by atoms with E-state index in [1.807, 2.05) is 0 Å². The van der Waals surface area contributed by atoms with Gasteiger partial charge in [-0.25, -0.2) is 0 Å². The molecule has 14 heavy (non-hydrogen) atoms. The molecule has 0 radical (unpaired) electrons. The van der Waals surface area contributed by atoms with Crippen molar-refractivity contribution in [1.29, 1.82) is 0 Å². The summed E-state index contributed by atoms with van der Waals surface area (Å²) in [6.07, 6.45) is -0.298. The van der Waals surface area contributed by atoms with Gasteiger partial charge >= 0.3 is 5.97 Å². The van der Waals surface area contributed by atoms with E-state index in [-0.39, 0.29) is 35.3 Å². The van der Waals surface area contributed by atoms with E-state index in [0.717, 1.165) is 0 Å². The molecule has 72 valence electrons. The molecule has 2 aromatic rings. The lowest BCUT2D eigenvalue weighted by atomic mass is 10.2. The fourth-order valence-electron chi connectivity index (χ4n) is 1.27. The van der Waals surface area contributed by atoms with Gasteiger partial charge in [0.15, 0.2) is 0 Å². The van der Waals surface area contributed by atoms with E-state index in [0.29, 0.717) is 5.52 Å². The number of aromatic hydroxyl groups is 1. The Kier molecular flexibility index (Phi) is 1.42. The molecule has 0 aliphatic carbocycles. The smallest absolute Gasteiger partial charge is 0.309 e. The molecule has 1 aromatic heterocycles. The number of phenolic OH excluding ortho intramolecular Hbond substituents is 1. The molecule has 4 heteroatoms. The van der Waals surface area contributed by atoms with Gasteiger partial charge in [-0.2, -0.15) is 0 Å². The van der Waals surface area contributed by atoms with Crippen LogP contribution < -0.4 is 0 Å². The van der Waals surface area contributed by atoms with E-state index in [9.17, 15) is 9.90 Å². The number of H-pyrrole nitrogens is 1. The van der Waals surface area contributed by atoms with Gasteiger partial charge in [-0.15, -0.1) is 0 Å². The number of aromatic nitrogens is 1. The molecule has 0 spiro atoms. The number of aromatic amines is 1. The van der Waals surface area contributed by atoms with Crippen LogP contribution in [0.25, 0.3) is 10.9 Å². The van der Waals surface area contributed by atoms with Crippen molar-refractivity contribution in [2.75, 3.05) is 0 Å². The van der Waals surface area contributed by atoms with Crippen LogP contribution in [0.1, 0.15) is 8.44 Å².